The standard InChI is InChI=1S/C19H25N3O3/c1-3-4-5-9-12-22(19(24)16-10-7-6-8-11-16)14-18(23)20-17-13-15(2)25-21-17/h6-8,10-11,13H,3-5,9,12,14H2,1-2H3,(H,20,21,23). The first kappa shape index (κ1) is 18.7. The second kappa shape index (κ2) is 9.61. The van der Waals surface area contributed by atoms with Crippen molar-refractivity contribution >= 4 is 17.6 Å². The summed E-state index contributed by atoms with van der Waals surface area (Å²) in [5.74, 6) is 0.560. The van der Waals surface area contributed by atoms with E-state index in [9.17, 15) is 9.59 Å². The first-order valence-corrected chi connectivity index (χ1v) is 8.67. The molecule has 0 saturated carbocycles. The van der Waals surface area contributed by atoms with Gasteiger partial charge >= 0.3 is 0 Å². The number of anilines is 1. The summed E-state index contributed by atoms with van der Waals surface area (Å²) in [5.41, 5.74) is 0.586. The number of benzene rings is 1. The molecule has 1 aromatic heterocycles. The SMILES string of the molecule is CCCCCCN(CC(=O)Nc1cc(C)on1)C(=O)c1ccccc1. The van der Waals surface area contributed by atoms with Gasteiger partial charge in [0.1, 0.15) is 12.3 Å². The van der Waals surface area contributed by atoms with Gasteiger partial charge in [0.25, 0.3) is 5.91 Å². The Morgan fingerprint density at radius 3 is 2.56 bits per heavy atom. The predicted molar refractivity (Wildman–Crippen MR) is 96.4 cm³/mol. The van der Waals surface area contributed by atoms with Gasteiger partial charge in [-0.2, -0.15) is 0 Å². The van der Waals surface area contributed by atoms with E-state index in [0.717, 1.165) is 25.7 Å². The molecule has 6 heteroatoms. The number of hydrogen-bond donors (Lipinski definition) is 1. The Morgan fingerprint density at radius 2 is 1.92 bits per heavy atom. The third kappa shape index (κ3) is 6.06. The molecule has 0 aliphatic carbocycles. The number of carbonyl (C=O) groups excluding carboxylic acids is 2. The molecular weight excluding hydrogens is 318 g/mol. The molecule has 134 valence electrons. The van der Waals surface area contributed by atoms with Crippen LogP contribution >= 0.6 is 0 Å². The van der Waals surface area contributed by atoms with Gasteiger partial charge in [-0.05, 0) is 25.5 Å². The van der Waals surface area contributed by atoms with Crippen molar-refractivity contribution in [3.63, 3.8) is 0 Å². The highest BCUT2D eigenvalue weighted by molar-refractivity contribution is 5.99. The van der Waals surface area contributed by atoms with E-state index in [2.05, 4.69) is 17.4 Å². The lowest BCUT2D eigenvalue weighted by Gasteiger charge is -2.22. The maximum absolute atomic E-state index is 12.7. The molecule has 0 saturated heterocycles. The summed E-state index contributed by atoms with van der Waals surface area (Å²) >= 11 is 0. The van der Waals surface area contributed by atoms with Gasteiger partial charge in [0.2, 0.25) is 5.91 Å². The third-order valence-corrected chi connectivity index (χ3v) is 3.82. The molecule has 0 atom stereocenters. The minimum atomic E-state index is -0.284. The molecule has 6 nitrogen and oxygen atoms in total. The molecular formula is C19H25N3O3. The number of hydrogen-bond acceptors (Lipinski definition) is 4. The van der Waals surface area contributed by atoms with Crippen molar-refractivity contribution in [3.05, 3.63) is 47.7 Å². The van der Waals surface area contributed by atoms with Gasteiger partial charge in [0.15, 0.2) is 5.82 Å². The van der Waals surface area contributed by atoms with E-state index in [-0.39, 0.29) is 18.4 Å². The zero-order valence-electron chi connectivity index (χ0n) is 14.8. The highest BCUT2D eigenvalue weighted by atomic mass is 16.5. The van der Waals surface area contributed by atoms with Gasteiger partial charge in [0, 0.05) is 18.2 Å². The average Bonchev–Trinajstić information content (AvgIpc) is 3.02. The number of carbonyl (C=O) groups is 2. The van der Waals surface area contributed by atoms with Gasteiger partial charge in [-0.25, -0.2) is 0 Å². The van der Waals surface area contributed by atoms with Crippen LogP contribution in [0.15, 0.2) is 40.9 Å². The molecule has 0 aliphatic heterocycles. The van der Waals surface area contributed by atoms with Crippen LogP contribution in [-0.2, 0) is 4.79 Å². The number of unbranched alkanes of at least 4 members (excludes halogenated alkanes) is 3. The Kier molecular flexibility index (Phi) is 7.19. The Bertz CT molecular complexity index is 682. The molecule has 0 aliphatic rings. The Hall–Kier alpha value is -2.63. The van der Waals surface area contributed by atoms with E-state index >= 15 is 0 Å². The highest BCUT2D eigenvalue weighted by Gasteiger charge is 2.19. The number of rotatable bonds is 9. The zero-order chi connectivity index (χ0) is 18.1. The summed E-state index contributed by atoms with van der Waals surface area (Å²) in [6, 6.07) is 10.7. The van der Waals surface area contributed by atoms with E-state index in [0.29, 0.717) is 23.7 Å². The molecule has 1 aromatic carbocycles. The summed E-state index contributed by atoms with van der Waals surface area (Å²) < 4.78 is 4.93. The monoisotopic (exact) mass is 343 g/mol. The lowest BCUT2D eigenvalue weighted by atomic mass is 10.1. The van der Waals surface area contributed by atoms with Crippen molar-refractivity contribution in [1.29, 1.82) is 0 Å². The fraction of sp³-hybridized carbons (Fsp3) is 0.421. The van der Waals surface area contributed by atoms with Gasteiger partial charge in [0.05, 0.1) is 0 Å². The number of amides is 2. The molecule has 1 heterocycles. The molecule has 0 unspecified atom stereocenters. The normalized spacial score (nSPS) is 10.5. The summed E-state index contributed by atoms with van der Waals surface area (Å²) in [5, 5.41) is 6.41. The fourth-order valence-electron chi connectivity index (χ4n) is 2.53. The van der Waals surface area contributed by atoms with E-state index in [1.165, 1.54) is 0 Å². The first-order chi connectivity index (χ1) is 12.1. The minimum Gasteiger partial charge on any atom is -0.360 e. The average molecular weight is 343 g/mol. The number of nitrogens with one attached hydrogen (secondary N) is 1. The smallest absolute Gasteiger partial charge is 0.254 e. The topological polar surface area (TPSA) is 75.4 Å². The number of nitrogens with zero attached hydrogens (tertiary/aromatic N) is 2. The lowest BCUT2D eigenvalue weighted by molar-refractivity contribution is -0.117. The summed E-state index contributed by atoms with van der Waals surface area (Å²) in [6.45, 7) is 4.44. The number of aryl methyl sites for hydroxylation is 1. The van der Waals surface area contributed by atoms with Crippen LogP contribution in [0, 0.1) is 6.92 Å². The highest BCUT2D eigenvalue weighted by Crippen LogP contribution is 2.10. The predicted octanol–water partition coefficient (Wildman–Crippen LogP) is 3.64. The van der Waals surface area contributed by atoms with Gasteiger partial charge in [-0.1, -0.05) is 49.5 Å². The van der Waals surface area contributed by atoms with Crippen LogP contribution in [0.4, 0.5) is 5.82 Å². The van der Waals surface area contributed by atoms with Crippen LogP contribution < -0.4 is 5.32 Å². The van der Waals surface area contributed by atoms with Crippen LogP contribution in [0.1, 0.15) is 48.7 Å². The largest absolute Gasteiger partial charge is 0.360 e. The Labute approximate surface area is 148 Å². The fourth-order valence-corrected chi connectivity index (χ4v) is 2.53. The van der Waals surface area contributed by atoms with Crippen molar-refractivity contribution in [2.45, 2.75) is 39.5 Å². The molecule has 1 N–H and O–H groups in total. The van der Waals surface area contributed by atoms with E-state index < -0.39 is 0 Å². The van der Waals surface area contributed by atoms with Crippen molar-refractivity contribution in [2.75, 3.05) is 18.4 Å². The maximum Gasteiger partial charge on any atom is 0.254 e. The van der Waals surface area contributed by atoms with E-state index in [1.54, 1.807) is 30.0 Å². The second-order valence-corrected chi connectivity index (χ2v) is 6.02. The molecule has 2 amide bonds. The molecule has 0 fully saturated rings. The van der Waals surface area contributed by atoms with Crippen LogP contribution in [0.3, 0.4) is 0 Å². The van der Waals surface area contributed by atoms with Crippen LogP contribution in [0.2, 0.25) is 0 Å². The summed E-state index contributed by atoms with van der Waals surface area (Å²) in [7, 11) is 0. The van der Waals surface area contributed by atoms with Crippen molar-refractivity contribution in [1.82, 2.24) is 10.1 Å². The zero-order valence-corrected chi connectivity index (χ0v) is 14.8. The second-order valence-electron chi connectivity index (χ2n) is 6.02. The van der Waals surface area contributed by atoms with Crippen LogP contribution in [0.25, 0.3) is 0 Å². The molecule has 2 aromatic rings. The minimum absolute atomic E-state index is 0.00817. The lowest BCUT2D eigenvalue weighted by Crippen LogP contribution is -2.38. The third-order valence-electron chi connectivity index (χ3n) is 3.82. The van der Waals surface area contributed by atoms with Gasteiger partial charge < -0.3 is 14.7 Å². The van der Waals surface area contributed by atoms with Crippen molar-refractivity contribution < 1.29 is 14.1 Å². The molecule has 25 heavy (non-hydrogen) atoms. The van der Waals surface area contributed by atoms with Gasteiger partial charge in [-0.3, -0.25) is 9.59 Å². The van der Waals surface area contributed by atoms with Crippen LogP contribution in [-0.4, -0.2) is 35.0 Å². The first-order valence-electron chi connectivity index (χ1n) is 8.67. The Balaban J connectivity index is 1.99. The summed E-state index contributed by atoms with van der Waals surface area (Å²) in [6.07, 6.45) is 4.17. The van der Waals surface area contributed by atoms with E-state index in [4.69, 9.17) is 4.52 Å². The van der Waals surface area contributed by atoms with Gasteiger partial charge in [-0.15, -0.1) is 0 Å². The van der Waals surface area contributed by atoms with E-state index in [1.807, 2.05) is 18.2 Å². The molecule has 2 rings (SSSR count). The quantitative estimate of drug-likeness (QED) is 0.705. The van der Waals surface area contributed by atoms with Crippen LogP contribution in [0.5, 0.6) is 0 Å². The Morgan fingerprint density at radius 1 is 1.16 bits per heavy atom. The maximum atomic E-state index is 12.7. The van der Waals surface area contributed by atoms with Crippen molar-refractivity contribution in [3.8, 4) is 0 Å². The molecule has 0 spiro atoms. The molecule has 0 bridgehead atoms. The van der Waals surface area contributed by atoms with Crippen molar-refractivity contribution in [2.24, 2.45) is 0 Å². The summed E-state index contributed by atoms with van der Waals surface area (Å²) in [4.78, 5) is 26.6. The number of aromatic nitrogens is 1. The molecule has 0 radical (unpaired) electrons.